The second kappa shape index (κ2) is 6.13. The molecule has 2 aliphatic heterocycles. The van der Waals surface area contributed by atoms with Crippen LogP contribution in [0.4, 0.5) is 0 Å². The van der Waals surface area contributed by atoms with E-state index in [1.54, 1.807) is 6.20 Å². The molecule has 2 aromatic heterocycles. The monoisotopic (exact) mass is 331 g/mol. The lowest BCUT2D eigenvalue weighted by Crippen LogP contribution is -2.41. The van der Waals surface area contributed by atoms with Gasteiger partial charge in [-0.15, -0.1) is 0 Å². The molecule has 1 spiro atoms. The van der Waals surface area contributed by atoms with Gasteiger partial charge in [0, 0.05) is 42.1 Å². The lowest BCUT2D eigenvalue weighted by molar-refractivity contribution is 0.0152. The van der Waals surface area contributed by atoms with Crippen molar-refractivity contribution < 1.29 is 9.68 Å². The lowest BCUT2D eigenvalue weighted by atomic mass is 9.76. The first-order chi connectivity index (χ1) is 11.2. The van der Waals surface area contributed by atoms with Gasteiger partial charge in [0.2, 0.25) is 0 Å². The fourth-order valence-corrected chi connectivity index (χ4v) is 4.85. The molecular weight excluding hydrogens is 309 g/mol. The highest BCUT2D eigenvalue weighted by molar-refractivity contribution is 7.97. The van der Waals surface area contributed by atoms with E-state index in [9.17, 15) is 5.02 Å². The van der Waals surface area contributed by atoms with Crippen LogP contribution in [0, 0.1) is 0 Å². The standard InChI is InChI=1S/C16H22BN3O2S/c1-2-3-10-23-20-8-5-16(6-9-20)14-12-4-7-18-15(12)19-11-13(14)17(21)22-16/h4,7,11,21H,2-3,5-6,8-10H2,1H3,(H,18,19). The smallest absolute Gasteiger partial charge is 0.423 e. The molecule has 2 aromatic rings. The third-order valence-electron chi connectivity index (χ3n) is 4.98. The Morgan fingerprint density at radius 2 is 2.30 bits per heavy atom. The number of hydrogen-bond donors (Lipinski definition) is 2. The minimum Gasteiger partial charge on any atom is -0.423 e. The number of aromatic nitrogens is 2. The van der Waals surface area contributed by atoms with E-state index in [1.165, 1.54) is 18.6 Å². The van der Waals surface area contributed by atoms with Crippen molar-refractivity contribution in [3.63, 3.8) is 0 Å². The zero-order valence-electron chi connectivity index (χ0n) is 13.4. The van der Waals surface area contributed by atoms with Crippen LogP contribution in [0.25, 0.3) is 11.0 Å². The van der Waals surface area contributed by atoms with E-state index in [2.05, 4.69) is 21.2 Å². The molecule has 0 unspecified atom stereocenters. The molecule has 4 rings (SSSR count). The molecule has 1 fully saturated rings. The quantitative estimate of drug-likeness (QED) is 0.510. The maximum atomic E-state index is 10.3. The number of H-pyrrole nitrogens is 1. The largest absolute Gasteiger partial charge is 0.493 e. The van der Waals surface area contributed by atoms with Crippen molar-refractivity contribution in [1.29, 1.82) is 0 Å². The van der Waals surface area contributed by atoms with Gasteiger partial charge in [0.1, 0.15) is 5.65 Å². The van der Waals surface area contributed by atoms with Gasteiger partial charge in [-0.25, -0.2) is 4.98 Å². The molecule has 1 saturated heterocycles. The van der Waals surface area contributed by atoms with Crippen LogP contribution in [-0.2, 0) is 10.3 Å². The fourth-order valence-electron chi connectivity index (χ4n) is 3.74. The van der Waals surface area contributed by atoms with Gasteiger partial charge in [0.05, 0.1) is 5.60 Å². The average Bonchev–Trinajstić information content (AvgIpc) is 3.13. The number of nitrogens with one attached hydrogen (secondary N) is 1. The van der Waals surface area contributed by atoms with E-state index in [0.717, 1.165) is 48.0 Å². The van der Waals surface area contributed by atoms with E-state index >= 15 is 0 Å². The zero-order chi connectivity index (χ0) is 15.9. The van der Waals surface area contributed by atoms with Gasteiger partial charge in [-0.05, 0) is 30.9 Å². The average molecular weight is 331 g/mol. The molecule has 2 N–H and O–H groups in total. The molecule has 0 bridgehead atoms. The second-order valence-corrected chi connectivity index (χ2v) is 7.59. The maximum Gasteiger partial charge on any atom is 0.493 e. The van der Waals surface area contributed by atoms with Gasteiger partial charge in [0.25, 0.3) is 0 Å². The Morgan fingerprint density at radius 3 is 3.09 bits per heavy atom. The van der Waals surface area contributed by atoms with Crippen molar-refractivity contribution in [1.82, 2.24) is 14.3 Å². The van der Waals surface area contributed by atoms with E-state index in [-0.39, 0.29) is 5.60 Å². The van der Waals surface area contributed by atoms with Gasteiger partial charge in [-0.2, -0.15) is 0 Å². The molecular formula is C16H22BN3O2S. The zero-order valence-corrected chi connectivity index (χ0v) is 14.2. The van der Waals surface area contributed by atoms with Gasteiger partial charge >= 0.3 is 7.12 Å². The molecule has 0 amide bonds. The summed E-state index contributed by atoms with van der Waals surface area (Å²) in [5.41, 5.74) is 2.50. The Bertz CT molecular complexity index is 700. The number of hydrogen-bond acceptors (Lipinski definition) is 5. The first kappa shape index (κ1) is 15.5. The summed E-state index contributed by atoms with van der Waals surface area (Å²) in [5.74, 6) is 1.19. The highest BCUT2D eigenvalue weighted by Gasteiger charge is 2.49. The van der Waals surface area contributed by atoms with Crippen LogP contribution in [-0.4, -0.2) is 45.3 Å². The van der Waals surface area contributed by atoms with Gasteiger partial charge < -0.3 is 14.7 Å². The molecule has 23 heavy (non-hydrogen) atoms. The first-order valence-electron chi connectivity index (χ1n) is 8.44. The molecule has 122 valence electrons. The summed E-state index contributed by atoms with van der Waals surface area (Å²) in [6, 6.07) is 2.05. The van der Waals surface area contributed by atoms with E-state index in [0.29, 0.717) is 0 Å². The van der Waals surface area contributed by atoms with Crippen LogP contribution in [0.1, 0.15) is 38.2 Å². The summed E-state index contributed by atoms with van der Waals surface area (Å²) >= 11 is 1.95. The number of aromatic amines is 1. The summed E-state index contributed by atoms with van der Waals surface area (Å²) in [5, 5.41) is 11.4. The molecule has 0 atom stereocenters. The van der Waals surface area contributed by atoms with Crippen LogP contribution in [0.2, 0.25) is 0 Å². The van der Waals surface area contributed by atoms with E-state index < -0.39 is 7.12 Å². The number of unbranched alkanes of at least 4 members (excludes halogenated alkanes) is 1. The Kier molecular flexibility index (Phi) is 4.13. The van der Waals surface area contributed by atoms with Crippen LogP contribution >= 0.6 is 11.9 Å². The summed E-state index contributed by atoms with van der Waals surface area (Å²) in [4.78, 5) is 7.56. The molecule has 0 saturated carbocycles. The van der Waals surface area contributed by atoms with E-state index in [4.69, 9.17) is 4.65 Å². The van der Waals surface area contributed by atoms with Gasteiger partial charge in [-0.1, -0.05) is 25.3 Å². The number of piperidine rings is 1. The maximum absolute atomic E-state index is 10.3. The van der Waals surface area contributed by atoms with Gasteiger partial charge in [-0.3, -0.25) is 4.31 Å². The Hall–Kier alpha value is -1.02. The number of fused-ring (bicyclic) bond motifs is 4. The summed E-state index contributed by atoms with van der Waals surface area (Å²) in [6.07, 6.45) is 8.01. The third-order valence-corrected chi connectivity index (χ3v) is 6.18. The van der Waals surface area contributed by atoms with E-state index in [1.807, 2.05) is 24.2 Å². The van der Waals surface area contributed by atoms with Crippen LogP contribution in [0.5, 0.6) is 0 Å². The fraction of sp³-hybridized carbons (Fsp3) is 0.562. The SMILES string of the molecule is CCCCSN1CCC2(CC1)OB(O)c1cnc3[nH]ccc3c12. The number of pyridine rings is 1. The molecule has 0 radical (unpaired) electrons. The van der Waals surface area contributed by atoms with Crippen LogP contribution in [0.15, 0.2) is 18.5 Å². The lowest BCUT2D eigenvalue weighted by Gasteiger charge is -2.39. The van der Waals surface area contributed by atoms with Crippen molar-refractivity contribution in [2.75, 3.05) is 18.8 Å². The number of rotatable bonds is 4. The molecule has 2 aliphatic rings. The Morgan fingerprint density at radius 1 is 1.48 bits per heavy atom. The topological polar surface area (TPSA) is 61.4 Å². The molecule has 5 nitrogen and oxygen atoms in total. The second-order valence-electron chi connectivity index (χ2n) is 6.41. The molecule has 0 aliphatic carbocycles. The highest BCUT2D eigenvalue weighted by atomic mass is 32.2. The van der Waals surface area contributed by atoms with Crippen molar-refractivity contribution in [3.8, 4) is 0 Å². The van der Waals surface area contributed by atoms with Crippen LogP contribution < -0.4 is 5.46 Å². The van der Waals surface area contributed by atoms with Crippen molar-refractivity contribution in [2.45, 2.75) is 38.2 Å². The van der Waals surface area contributed by atoms with Crippen molar-refractivity contribution in [3.05, 3.63) is 24.0 Å². The molecule has 7 heteroatoms. The Labute approximate surface area is 141 Å². The van der Waals surface area contributed by atoms with Crippen molar-refractivity contribution >= 4 is 35.6 Å². The molecule has 0 aromatic carbocycles. The predicted molar refractivity (Wildman–Crippen MR) is 94.6 cm³/mol. The van der Waals surface area contributed by atoms with Crippen LogP contribution in [0.3, 0.4) is 0 Å². The van der Waals surface area contributed by atoms with Crippen molar-refractivity contribution in [2.24, 2.45) is 0 Å². The summed E-state index contributed by atoms with van der Waals surface area (Å²) in [7, 11) is -0.851. The minimum absolute atomic E-state index is 0.361. The highest BCUT2D eigenvalue weighted by Crippen LogP contribution is 2.43. The first-order valence-corrected chi connectivity index (χ1v) is 9.38. The normalized spacial score (nSPS) is 20.5. The number of nitrogens with zero attached hydrogens (tertiary/aromatic N) is 2. The minimum atomic E-state index is -0.851. The Balaban J connectivity index is 1.59. The summed E-state index contributed by atoms with van der Waals surface area (Å²) < 4.78 is 8.53. The predicted octanol–water partition coefficient (Wildman–Crippen LogP) is 2.02. The third kappa shape index (κ3) is 2.60. The van der Waals surface area contributed by atoms with Gasteiger partial charge in [0.15, 0.2) is 0 Å². The summed E-state index contributed by atoms with van der Waals surface area (Å²) in [6.45, 7) is 4.22. The molecule has 4 heterocycles.